The first-order valence-electron chi connectivity index (χ1n) is 7.46. The Morgan fingerprint density at radius 1 is 0.833 bits per heavy atom. The molecule has 24 heavy (non-hydrogen) atoms. The third-order valence-electron chi connectivity index (χ3n) is 3.19. The van der Waals surface area contributed by atoms with Gasteiger partial charge in [-0.3, -0.25) is 14.4 Å². The minimum Gasteiger partial charge on any atom is -0.376 e. The van der Waals surface area contributed by atoms with Gasteiger partial charge in [0, 0.05) is 29.5 Å². The van der Waals surface area contributed by atoms with E-state index in [1.807, 2.05) is 0 Å². The van der Waals surface area contributed by atoms with Crippen molar-refractivity contribution in [2.75, 3.05) is 22.5 Å². The number of carbonyl (C=O) groups excluding carboxylic acids is 3. The number of ketones is 1. The number of nitrogens with one attached hydrogen (secondary N) is 3. The summed E-state index contributed by atoms with van der Waals surface area (Å²) < 4.78 is 0. The zero-order valence-electron chi connectivity index (χ0n) is 13.6. The molecule has 0 unspecified atom stereocenters. The molecule has 0 fully saturated rings. The van der Waals surface area contributed by atoms with Crippen LogP contribution in [0.4, 0.5) is 17.1 Å². The van der Waals surface area contributed by atoms with E-state index in [4.69, 9.17) is 0 Å². The molecule has 0 aliphatic rings. The lowest BCUT2D eigenvalue weighted by Gasteiger charge is -2.10. The summed E-state index contributed by atoms with van der Waals surface area (Å²) >= 11 is 0. The summed E-state index contributed by atoms with van der Waals surface area (Å²) in [6.45, 7) is 2.97. The van der Waals surface area contributed by atoms with Crippen molar-refractivity contribution in [3.8, 4) is 0 Å². The summed E-state index contributed by atoms with van der Waals surface area (Å²) in [7, 11) is 0. The van der Waals surface area contributed by atoms with Crippen LogP contribution in [0.15, 0.2) is 48.5 Å². The number of amides is 2. The molecule has 6 nitrogen and oxygen atoms in total. The molecule has 0 aliphatic carbocycles. The number of anilines is 3. The quantitative estimate of drug-likeness (QED) is 0.713. The topological polar surface area (TPSA) is 87.3 Å². The lowest BCUT2D eigenvalue weighted by molar-refractivity contribution is -0.115. The molecule has 6 heteroatoms. The molecule has 0 aromatic heterocycles. The molecule has 0 radical (unpaired) electrons. The van der Waals surface area contributed by atoms with Crippen LogP contribution in [0.3, 0.4) is 0 Å². The number of carbonyl (C=O) groups is 3. The molecule has 0 aliphatic heterocycles. The first-order valence-corrected chi connectivity index (χ1v) is 7.46. The fourth-order valence-corrected chi connectivity index (χ4v) is 2.11. The molecule has 0 heterocycles. The number of benzene rings is 2. The SMILES string of the molecule is CC(=O)Nc1cccc(NCC(=O)Nc2cccc(C(C)=O)c2)c1. The number of hydrogen-bond donors (Lipinski definition) is 3. The monoisotopic (exact) mass is 325 g/mol. The number of hydrogen-bond acceptors (Lipinski definition) is 4. The standard InChI is InChI=1S/C18H19N3O3/c1-12(22)14-5-3-7-16(9-14)21-18(24)11-19-15-6-4-8-17(10-15)20-13(2)23/h3-10,19H,11H2,1-2H3,(H,20,23)(H,21,24). The predicted molar refractivity (Wildman–Crippen MR) is 94.3 cm³/mol. The average Bonchev–Trinajstić information content (AvgIpc) is 2.53. The van der Waals surface area contributed by atoms with Crippen LogP contribution in [0.2, 0.25) is 0 Å². The lowest BCUT2D eigenvalue weighted by atomic mass is 10.1. The largest absolute Gasteiger partial charge is 0.376 e. The molecule has 0 atom stereocenters. The average molecular weight is 325 g/mol. The van der Waals surface area contributed by atoms with Gasteiger partial charge in [-0.1, -0.05) is 18.2 Å². The Bertz CT molecular complexity index is 772. The fourth-order valence-electron chi connectivity index (χ4n) is 2.11. The summed E-state index contributed by atoms with van der Waals surface area (Å²) in [5.74, 6) is -0.449. The van der Waals surface area contributed by atoms with Gasteiger partial charge in [-0.25, -0.2) is 0 Å². The molecule has 2 aromatic rings. The molecule has 0 saturated heterocycles. The molecular formula is C18H19N3O3. The Morgan fingerprint density at radius 2 is 1.46 bits per heavy atom. The predicted octanol–water partition coefficient (Wildman–Crippen LogP) is 2.90. The molecule has 0 spiro atoms. The summed E-state index contributed by atoms with van der Waals surface area (Å²) in [5, 5.41) is 8.39. The second kappa shape index (κ2) is 7.92. The first kappa shape index (κ1) is 17.2. The summed E-state index contributed by atoms with van der Waals surface area (Å²) in [6.07, 6.45) is 0. The summed E-state index contributed by atoms with van der Waals surface area (Å²) in [4.78, 5) is 34.4. The van der Waals surface area contributed by atoms with Crippen molar-refractivity contribution in [3.63, 3.8) is 0 Å². The molecular weight excluding hydrogens is 306 g/mol. The molecule has 2 amide bonds. The zero-order chi connectivity index (χ0) is 17.5. The van der Waals surface area contributed by atoms with Gasteiger partial charge in [0.1, 0.15) is 0 Å². The summed E-state index contributed by atoms with van der Waals surface area (Å²) in [6, 6.07) is 13.9. The van der Waals surface area contributed by atoms with Crippen molar-refractivity contribution in [1.29, 1.82) is 0 Å². The van der Waals surface area contributed by atoms with Crippen LogP contribution in [-0.2, 0) is 9.59 Å². The van der Waals surface area contributed by atoms with Gasteiger partial charge in [0.05, 0.1) is 6.54 Å². The molecule has 2 aromatic carbocycles. The maximum Gasteiger partial charge on any atom is 0.243 e. The highest BCUT2D eigenvalue weighted by atomic mass is 16.2. The maximum atomic E-state index is 12.0. The van der Waals surface area contributed by atoms with E-state index in [-0.39, 0.29) is 24.1 Å². The van der Waals surface area contributed by atoms with E-state index in [0.29, 0.717) is 22.6 Å². The van der Waals surface area contributed by atoms with E-state index in [9.17, 15) is 14.4 Å². The molecule has 0 bridgehead atoms. The van der Waals surface area contributed by atoms with Crippen molar-refractivity contribution in [3.05, 3.63) is 54.1 Å². The normalized spacial score (nSPS) is 9.92. The maximum absolute atomic E-state index is 12.0. The van der Waals surface area contributed by atoms with E-state index in [1.54, 1.807) is 48.5 Å². The second-order valence-corrected chi connectivity index (χ2v) is 5.30. The van der Waals surface area contributed by atoms with Crippen LogP contribution in [0, 0.1) is 0 Å². The molecule has 3 N–H and O–H groups in total. The smallest absolute Gasteiger partial charge is 0.243 e. The highest BCUT2D eigenvalue weighted by Gasteiger charge is 2.05. The third-order valence-corrected chi connectivity index (χ3v) is 3.19. The van der Waals surface area contributed by atoms with Crippen LogP contribution in [0.25, 0.3) is 0 Å². The Hall–Kier alpha value is -3.15. The molecule has 124 valence electrons. The van der Waals surface area contributed by atoms with Crippen molar-refractivity contribution in [1.82, 2.24) is 0 Å². The van der Waals surface area contributed by atoms with Crippen LogP contribution in [-0.4, -0.2) is 24.1 Å². The first-order chi connectivity index (χ1) is 11.4. The van der Waals surface area contributed by atoms with Crippen LogP contribution in [0.5, 0.6) is 0 Å². The van der Waals surface area contributed by atoms with Crippen molar-refractivity contribution in [2.24, 2.45) is 0 Å². The van der Waals surface area contributed by atoms with Gasteiger partial charge in [0.25, 0.3) is 0 Å². The van der Waals surface area contributed by atoms with E-state index in [2.05, 4.69) is 16.0 Å². The summed E-state index contributed by atoms with van der Waals surface area (Å²) in [5.41, 5.74) is 2.49. The minimum atomic E-state index is -0.236. The van der Waals surface area contributed by atoms with Gasteiger partial charge < -0.3 is 16.0 Å². The highest BCUT2D eigenvalue weighted by molar-refractivity contribution is 5.98. The highest BCUT2D eigenvalue weighted by Crippen LogP contribution is 2.15. The Balaban J connectivity index is 1.92. The van der Waals surface area contributed by atoms with Crippen LogP contribution >= 0.6 is 0 Å². The second-order valence-electron chi connectivity index (χ2n) is 5.30. The van der Waals surface area contributed by atoms with Gasteiger partial charge in [0.15, 0.2) is 5.78 Å². The van der Waals surface area contributed by atoms with E-state index in [0.717, 1.165) is 0 Å². The van der Waals surface area contributed by atoms with Crippen molar-refractivity contribution < 1.29 is 14.4 Å². The molecule has 0 saturated carbocycles. The number of rotatable bonds is 6. The van der Waals surface area contributed by atoms with Crippen LogP contribution < -0.4 is 16.0 Å². The zero-order valence-corrected chi connectivity index (χ0v) is 13.6. The Labute approximate surface area is 140 Å². The molecule has 2 rings (SSSR count). The lowest BCUT2D eigenvalue weighted by Crippen LogP contribution is -2.21. The van der Waals surface area contributed by atoms with Gasteiger partial charge in [0.2, 0.25) is 11.8 Å². The third kappa shape index (κ3) is 5.24. The van der Waals surface area contributed by atoms with Crippen LogP contribution in [0.1, 0.15) is 24.2 Å². The van der Waals surface area contributed by atoms with Gasteiger partial charge in [-0.2, -0.15) is 0 Å². The van der Waals surface area contributed by atoms with E-state index >= 15 is 0 Å². The van der Waals surface area contributed by atoms with Gasteiger partial charge in [-0.15, -0.1) is 0 Å². The Morgan fingerprint density at radius 3 is 2.12 bits per heavy atom. The van der Waals surface area contributed by atoms with E-state index < -0.39 is 0 Å². The van der Waals surface area contributed by atoms with E-state index in [1.165, 1.54) is 13.8 Å². The van der Waals surface area contributed by atoms with Crippen molar-refractivity contribution >= 4 is 34.7 Å². The van der Waals surface area contributed by atoms with Gasteiger partial charge >= 0.3 is 0 Å². The Kier molecular flexibility index (Phi) is 5.68. The fraction of sp³-hybridized carbons (Fsp3) is 0.167. The van der Waals surface area contributed by atoms with Crippen molar-refractivity contribution in [2.45, 2.75) is 13.8 Å². The van der Waals surface area contributed by atoms with Gasteiger partial charge in [-0.05, 0) is 37.3 Å². The number of Topliss-reactive ketones (excluding diaryl/α,β-unsaturated/α-hetero) is 1. The minimum absolute atomic E-state index is 0.0565.